The first-order chi connectivity index (χ1) is 11.5. The highest BCUT2D eigenvalue weighted by Crippen LogP contribution is 2.14. The molecule has 0 unspecified atom stereocenters. The largest absolute Gasteiger partial charge is 0.350 e. The third-order valence-electron chi connectivity index (χ3n) is 3.28. The molecular formula is C18H20ClN3O2. The van der Waals surface area contributed by atoms with Gasteiger partial charge in [0.15, 0.2) is 0 Å². The molecule has 6 heteroatoms. The van der Waals surface area contributed by atoms with Crippen LogP contribution in [0.15, 0.2) is 42.5 Å². The summed E-state index contributed by atoms with van der Waals surface area (Å²) >= 11 is 6.06. The molecule has 0 bridgehead atoms. The summed E-state index contributed by atoms with van der Waals surface area (Å²) in [6.07, 6.45) is 0. The van der Waals surface area contributed by atoms with E-state index in [4.69, 9.17) is 11.6 Å². The standard InChI is InChI=1S/C18H20ClN3O2/c1-12(2)10-20-17(23)15-8-5-9-16(22-15)18(24)21-11-13-6-3-4-7-14(13)19/h3-9,12H,10-11H2,1-2H3,(H,20,23)(H,21,24). The molecule has 1 heterocycles. The van der Waals surface area contributed by atoms with E-state index in [2.05, 4.69) is 15.6 Å². The Bertz CT molecular complexity index is 732. The van der Waals surface area contributed by atoms with E-state index in [1.165, 1.54) is 0 Å². The molecule has 2 aromatic rings. The molecule has 0 aliphatic rings. The van der Waals surface area contributed by atoms with Gasteiger partial charge in [-0.2, -0.15) is 0 Å². The minimum absolute atomic E-state index is 0.194. The second-order valence-corrected chi connectivity index (χ2v) is 6.19. The van der Waals surface area contributed by atoms with E-state index in [0.717, 1.165) is 5.56 Å². The van der Waals surface area contributed by atoms with Crippen LogP contribution in [-0.2, 0) is 6.54 Å². The van der Waals surface area contributed by atoms with Crippen molar-refractivity contribution < 1.29 is 9.59 Å². The fourth-order valence-electron chi connectivity index (χ4n) is 1.98. The van der Waals surface area contributed by atoms with E-state index in [0.29, 0.717) is 24.0 Å². The van der Waals surface area contributed by atoms with Gasteiger partial charge in [0, 0.05) is 18.1 Å². The molecule has 0 saturated heterocycles. The van der Waals surface area contributed by atoms with Gasteiger partial charge < -0.3 is 10.6 Å². The molecule has 0 saturated carbocycles. The highest BCUT2D eigenvalue weighted by atomic mass is 35.5. The number of benzene rings is 1. The Morgan fingerprint density at radius 3 is 2.25 bits per heavy atom. The van der Waals surface area contributed by atoms with Crippen LogP contribution in [0.5, 0.6) is 0 Å². The smallest absolute Gasteiger partial charge is 0.270 e. The SMILES string of the molecule is CC(C)CNC(=O)c1cccc(C(=O)NCc2ccccc2Cl)n1. The number of hydrogen-bond acceptors (Lipinski definition) is 3. The van der Waals surface area contributed by atoms with Crippen LogP contribution in [0.4, 0.5) is 0 Å². The first-order valence-electron chi connectivity index (χ1n) is 7.74. The molecule has 2 N–H and O–H groups in total. The number of halogens is 1. The zero-order valence-electron chi connectivity index (χ0n) is 13.7. The number of nitrogens with zero attached hydrogens (tertiary/aromatic N) is 1. The molecule has 1 aromatic carbocycles. The molecule has 2 rings (SSSR count). The highest BCUT2D eigenvalue weighted by Gasteiger charge is 2.12. The van der Waals surface area contributed by atoms with E-state index in [9.17, 15) is 9.59 Å². The molecular weight excluding hydrogens is 326 g/mol. The number of hydrogen-bond donors (Lipinski definition) is 2. The summed E-state index contributed by atoms with van der Waals surface area (Å²) in [6, 6.07) is 12.1. The second-order valence-electron chi connectivity index (χ2n) is 5.79. The Morgan fingerprint density at radius 1 is 1.00 bits per heavy atom. The first kappa shape index (κ1) is 17.9. The Morgan fingerprint density at radius 2 is 1.62 bits per heavy atom. The summed E-state index contributed by atoms with van der Waals surface area (Å²) in [6.45, 7) is 4.87. The summed E-state index contributed by atoms with van der Waals surface area (Å²) in [7, 11) is 0. The number of pyridine rings is 1. The molecule has 0 radical (unpaired) electrons. The van der Waals surface area contributed by atoms with Crippen molar-refractivity contribution >= 4 is 23.4 Å². The van der Waals surface area contributed by atoms with Crippen LogP contribution in [-0.4, -0.2) is 23.3 Å². The van der Waals surface area contributed by atoms with Crippen molar-refractivity contribution in [2.45, 2.75) is 20.4 Å². The fraction of sp³-hybridized carbons (Fsp3) is 0.278. The lowest BCUT2D eigenvalue weighted by atomic mass is 10.2. The van der Waals surface area contributed by atoms with Crippen LogP contribution in [0, 0.1) is 5.92 Å². The van der Waals surface area contributed by atoms with Gasteiger partial charge in [-0.3, -0.25) is 9.59 Å². The van der Waals surface area contributed by atoms with E-state index in [-0.39, 0.29) is 23.2 Å². The van der Waals surface area contributed by atoms with Crippen molar-refractivity contribution in [1.82, 2.24) is 15.6 Å². The molecule has 5 nitrogen and oxygen atoms in total. The molecule has 126 valence electrons. The summed E-state index contributed by atoms with van der Waals surface area (Å²) < 4.78 is 0. The van der Waals surface area contributed by atoms with Crippen molar-refractivity contribution in [1.29, 1.82) is 0 Å². The van der Waals surface area contributed by atoms with E-state index in [1.54, 1.807) is 24.3 Å². The number of carbonyl (C=O) groups is 2. The monoisotopic (exact) mass is 345 g/mol. The molecule has 0 aliphatic carbocycles. The average Bonchev–Trinajstić information content (AvgIpc) is 2.58. The van der Waals surface area contributed by atoms with Gasteiger partial charge in [-0.05, 0) is 29.7 Å². The lowest BCUT2D eigenvalue weighted by Crippen LogP contribution is -2.29. The van der Waals surface area contributed by atoms with Crippen molar-refractivity contribution in [3.63, 3.8) is 0 Å². The molecule has 0 spiro atoms. The van der Waals surface area contributed by atoms with Gasteiger partial charge in [-0.1, -0.05) is 49.7 Å². The van der Waals surface area contributed by atoms with Crippen molar-refractivity contribution in [2.75, 3.05) is 6.54 Å². The maximum absolute atomic E-state index is 12.2. The topological polar surface area (TPSA) is 71.1 Å². The lowest BCUT2D eigenvalue weighted by molar-refractivity contribution is 0.0940. The number of aromatic nitrogens is 1. The van der Waals surface area contributed by atoms with Gasteiger partial charge in [0.2, 0.25) is 0 Å². The van der Waals surface area contributed by atoms with E-state index >= 15 is 0 Å². The molecule has 0 atom stereocenters. The number of nitrogens with one attached hydrogen (secondary N) is 2. The number of carbonyl (C=O) groups excluding carboxylic acids is 2. The van der Waals surface area contributed by atoms with Gasteiger partial charge in [-0.25, -0.2) is 4.98 Å². The fourth-order valence-corrected chi connectivity index (χ4v) is 2.19. The van der Waals surface area contributed by atoms with Crippen LogP contribution >= 0.6 is 11.6 Å². The van der Waals surface area contributed by atoms with E-state index in [1.807, 2.05) is 32.0 Å². The predicted octanol–water partition coefficient (Wildman–Crippen LogP) is 3.05. The quantitative estimate of drug-likeness (QED) is 0.845. The molecule has 24 heavy (non-hydrogen) atoms. The van der Waals surface area contributed by atoms with Crippen LogP contribution < -0.4 is 10.6 Å². The van der Waals surface area contributed by atoms with Gasteiger partial charge in [0.25, 0.3) is 11.8 Å². The first-order valence-corrected chi connectivity index (χ1v) is 8.12. The van der Waals surface area contributed by atoms with Gasteiger partial charge in [-0.15, -0.1) is 0 Å². The Hall–Kier alpha value is -2.40. The number of amides is 2. The molecule has 0 aliphatic heterocycles. The van der Waals surface area contributed by atoms with Crippen LogP contribution in [0.25, 0.3) is 0 Å². The normalized spacial score (nSPS) is 10.5. The molecule has 2 amide bonds. The Balaban J connectivity index is 2.01. The van der Waals surface area contributed by atoms with Gasteiger partial charge >= 0.3 is 0 Å². The minimum Gasteiger partial charge on any atom is -0.350 e. The predicted molar refractivity (Wildman–Crippen MR) is 94.0 cm³/mol. The third-order valence-corrected chi connectivity index (χ3v) is 3.65. The lowest BCUT2D eigenvalue weighted by Gasteiger charge is -2.09. The van der Waals surface area contributed by atoms with Crippen LogP contribution in [0.3, 0.4) is 0 Å². The van der Waals surface area contributed by atoms with Crippen molar-refractivity contribution in [2.24, 2.45) is 5.92 Å². The summed E-state index contributed by atoms with van der Waals surface area (Å²) in [5.41, 5.74) is 1.23. The van der Waals surface area contributed by atoms with Crippen LogP contribution in [0.2, 0.25) is 5.02 Å². The van der Waals surface area contributed by atoms with Crippen LogP contribution in [0.1, 0.15) is 40.4 Å². The summed E-state index contributed by atoms with van der Waals surface area (Å²) in [4.78, 5) is 28.4. The third kappa shape index (κ3) is 5.06. The average molecular weight is 346 g/mol. The summed E-state index contributed by atoms with van der Waals surface area (Å²) in [5.74, 6) is -0.297. The maximum Gasteiger partial charge on any atom is 0.270 e. The van der Waals surface area contributed by atoms with Crippen molar-refractivity contribution in [3.8, 4) is 0 Å². The molecule has 1 aromatic heterocycles. The zero-order chi connectivity index (χ0) is 17.5. The number of rotatable bonds is 6. The van der Waals surface area contributed by atoms with Gasteiger partial charge in [0.05, 0.1) is 0 Å². The zero-order valence-corrected chi connectivity index (χ0v) is 14.4. The van der Waals surface area contributed by atoms with Crippen molar-refractivity contribution in [3.05, 3.63) is 64.4 Å². The summed E-state index contributed by atoms with van der Waals surface area (Å²) in [5, 5.41) is 6.12. The maximum atomic E-state index is 12.2. The Kier molecular flexibility index (Phi) is 6.32. The van der Waals surface area contributed by atoms with Gasteiger partial charge in [0.1, 0.15) is 11.4 Å². The Labute approximate surface area is 146 Å². The van der Waals surface area contributed by atoms with E-state index < -0.39 is 0 Å². The second kappa shape index (κ2) is 8.45. The highest BCUT2D eigenvalue weighted by molar-refractivity contribution is 6.31. The molecule has 0 fully saturated rings. The minimum atomic E-state index is -0.353.